The van der Waals surface area contributed by atoms with Crippen LogP contribution in [-0.4, -0.2) is 21.5 Å². The molecule has 0 unspecified atom stereocenters. The van der Waals surface area contributed by atoms with Crippen LogP contribution in [0, 0.1) is 0 Å². The van der Waals surface area contributed by atoms with Crippen molar-refractivity contribution in [2.75, 3.05) is 5.73 Å². The van der Waals surface area contributed by atoms with E-state index < -0.39 is 11.9 Å². The number of anilines is 1. The molecule has 0 aliphatic rings. The number of hydrogen-bond donors (Lipinski definition) is 4. The molecule has 0 fully saturated rings. The average molecular weight is 184 g/mol. The third-order valence-corrected chi connectivity index (χ3v) is 1.38. The standard InChI is InChI=1S/C5H8N6O2/c6-3-2(4(7)12)9-1-11(3)5(13)10-8/h1H,6,8H2,(H2,7,12)(H,10,13). The van der Waals surface area contributed by atoms with E-state index in [0.717, 1.165) is 10.9 Å². The monoisotopic (exact) mass is 184 g/mol. The Balaban J connectivity index is 3.13. The van der Waals surface area contributed by atoms with E-state index >= 15 is 0 Å². The summed E-state index contributed by atoms with van der Waals surface area (Å²) in [6, 6.07) is -0.697. The number of rotatable bonds is 1. The van der Waals surface area contributed by atoms with Gasteiger partial charge in [-0.25, -0.2) is 20.2 Å². The third kappa shape index (κ3) is 1.42. The molecule has 0 aliphatic heterocycles. The Kier molecular flexibility index (Phi) is 2.15. The lowest BCUT2D eigenvalue weighted by molar-refractivity contribution is 0.0997. The highest BCUT2D eigenvalue weighted by Crippen LogP contribution is 2.07. The summed E-state index contributed by atoms with van der Waals surface area (Å²) in [6.07, 6.45) is 1.05. The summed E-state index contributed by atoms with van der Waals surface area (Å²) in [5, 5.41) is 0. The van der Waals surface area contributed by atoms with E-state index in [1.807, 2.05) is 5.43 Å². The molecule has 0 saturated carbocycles. The van der Waals surface area contributed by atoms with E-state index in [0.29, 0.717) is 0 Å². The summed E-state index contributed by atoms with van der Waals surface area (Å²) in [5.41, 5.74) is 11.9. The first kappa shape index (κ1) is 9.00. The lowest BCUT2D eigenvalue weighted by Gasteiger charge is -2.00. The van der Waals surface area contributed by atoms with Crippen LogP contribution in [0.5, 0.6) is 0 Å². The number of amides is 2. The van der Waals surface area contributed by atoms with Gasteiger partial charge in [0.1, 0.15) is 12.1 Å². The van der Waals surface area contributed by atoms with Gasteiger partial charge in [0, 0.05) is 0 Å². The molecule has 0 spiro atoms. The van der Waals surface area contributed by atoms with Crippen molar-refractivity contribution in [1.29, 1.82) is 0 Å². The van der Waals surface area contributed by atoms with Gasteiger partial charge in [-0.2, -0.15) is 0 Å². The molecule has 2 amide bonds. The van der Waals surface area contributed by atoms with Crippen molar-refractivity contribution in [3.8, 4) is 0 Å². The highest BCUT2D eigenvalue weighted by molar-refractivity contribution is 5.97. The Morgan fingerprint density at radius 3 is 2.54 bits per heavy atom. The second-order valence-corrected chi connectivity index (χ2v) is 2.16. The Hall–Kier alpha value is -2.09. The second-order valence-electron chi connectivity index (χ2n) is 2.16. The van der Waals surface area contributed by atoms with E-state index in [1.165, 1.54) is 0 Å². The number of carbonyl (C=O) groups excluding carboxylic acids is 2. The number of primary amides is 1. The number of nitrogen functional groups attached to an aromatic ring is 2. The lowest BCUT2D eigenvalue weighted by Crippen LogP contribution is -2.34. The maximum Gasteiger partial charge on any atom is 0.342 e. The van der Waals surface area contributed by atoms with E-state index in [2.05, 4.69) is 4.98 Å². The van der Waals surface area contributed by atoms with Crippen molar-refractivity contribution < 1.29 is 9.59 Å². The molecule has 0 saturated heterocycles. The minimum absolute atomic E-state index is 0.143. The van der Waals surface area contributed by atoms with Crippen molar-refractivity contribution in [3.05, 3.63) is 12.0 Å². The Labute approximate surface area is 72.7 Å². The van der Waals surface area contributed by atoms with Crippen LogP contribution in [0.3, 0.4) is 0 Å². The first-order valence-electron chi connectivity index (χ1n) is 3.21. The first-order chi connectivity index (χ1) is 6.07. The van der Waals surface area contributed by atoms with E-state index in [4.69, 9.17) is 17.3 Å². The first-order valence-corrected chi connectivity index (χ1v) is 3.21. The number of nitrogens with one attached hydrogen (secondary N) is 1. The molecule has 7 N–H and O–H groups in total. The van der Waals surface area contributed by atoms with Crippen LogP contribution in [0.25, 0.3) is 0 Å². The fourth-order valence-electron chi connectivity index (χ4n) is 0.779. The summed E-state index contributed by atoms with van der Waals surface area (Å²) in [6.45, 7) is 0. The molecule has 0 radical (unpaired) electrons. The molecule has 0 aliphatic carbocycles. The fraction of sp³-hybridized carbons (Fsp3) is 0. The highest BCUT2D eigenvalue weighted by Gasteiger charge is 2.15. The second kappa shape index (κ2) is 3.11. The van der Waals surface area contributed by atoms with E-state index in [1.54, 1.807) is 0 Å². The lowest BCUT2D eigenvalue weighted by atomic mass is 10.4. The molecule has 8 nitrogen and oxygen atoms in total. The normalized spacial score (nSPS) is 9.62. The SMILES string of the molecule is NNC(=O)n1cnc(C(N)=O)c1N. The van der Waals surface area contributed by atoms with Crippen LogP contribution in [0.4, 0.5) is 10.6 Å². The number of aromatic nitrogens is 2. The maximum absolute atomic E-state index is 10.9. The van der Waals surface area contributed by atoms with Gasteiger partial charge in [-0.15, -0.1) is 0 Å². The molecule has 13 heavy (non-hydrogen) atoms. The Morgan fingerprint density at radius 2 is 2.15 bits per heavy atom. The van der Waals surface area contributed by atoms with Crippen molar-refractivity contribution in [3.63, 3.8) is 0 Å². The highest BCUT2D eigenvalue weighted by atomic mass is 16.2. The van der Waals surface area contributed by atoms with Crippen molar-refractivity contribution in [2.24, 2.45) is 11.6 Å². The Bertz CT molecular complexity index is 356. The van der Waals surface area contributed by atoms with E-state index in [9.17, 15) is 9.59 Å². The molecular weight excluding hydrogens is 176 g/mol. The summed E-state index contributed by atoms with van der Waals surface area (Å²) in [4.78, 5) is 25.1. The summed E-state index contributed by atoms with van der Waals surface area (Å²) in [7, 11) is 0. The molecule has 8 heteroatoms. The number of hydrazine groups is 1. The summed E-state index contributed by atoms with van der Waals surface area (Å²) in [5.74, 6) is 3.89. The molecule has 1 rings (SSSR count). The van der Waals surface area contributed by atoms with Crippen molar-refractivity contribution >= 4 is 17.8 Å². The molecule has 0 aromatic carbocycles. The number of nitrogens with zero attached hydrogens (tertiary/aromatic N) is 2. The number of carbonyl (C=O) groups is 2. The van der Waals surface area contributed by atoms with Crippen LogP contribution in [0.15, 0.2) is 6.33 Å². The summed E-state index contributed by atoms with van der Waals surface area (Å²) < 4.78 is 0.875. The van der Waals surface area contributed by atoms with Gasteiger partial charge in [0.05, 0.1) is 0 Å². The molecule has 0 bridgehead atoms. The van der Waals surface area contributed by atoms with Crippen molar-refractivity contribution in [2.45, 2.75) is 0 Å². The van der Waals surface area contributed by atoms with Crippen molar-refractivity contribution in [1.82, 2.24) is 15.0 Å². The predicted molar refractivity (Wildman–Crippen MR) is 43.3 cm³/mol. The number of nitrogens with two attached hydrogens (primary N) is 3. The van der Waals surface area contributed by atoms with Gasteiger partial charge in [-0.05, 0) is 0 Å². The minimum Gasteiger partial charge on any atom is -0.383 e. The smallest absolute Gasteiger partial charge is 0.342 e. The fourth-order valence-corrected chi connectivity index (χ4v) is 0.779. The van der Waals surface area contributed by atoms with E-state index in [-0.39, 0.29) is 11.5 Å². The molecule has 1 heterocycles. The summed E-state index contributed by atoms with van der Waals surface area (Å²) >= 11 is 0. The zero-order valence-corrected chi connectivity index (χ0v) is 6.52. The van der Waals surface area contributed by atoms with Gasteiger partial charge in [0.15, 0.2) is 5.69 Å². The molecule has 0 atom stereocenters. The predicted octanol–water partition coefficient (Wildman–Crippen LogP) is -2.00. The number of imidazole rings is 1. The molecule has 70 valence electrons. The van der Waals surface area contributed by atoms with Gasteiger partial charge < -0.3 is 11.5 Å². The third-order valence-electron chi connectivity index (χ3n) is 1.38. The quantitative estimate of drug-likeness (QED) is 0.227. The zero-order chi connectivity index (χ0) is 10.0. The van der Waals surface area contributed by atoms with Crippen LogP contribution < -0.4 is 22.7 Å². The topological polar surface area (TPSA) is 142 Å². The number of hydrogen-bond acceptors (Lipinski definition) is 5. The van der Waals surface area contributed by atoms with Gasteiger partial charge in [0.2, 0.25) is 0 Å². The van der Waals surface area contributed by atoms with Gasteiger partial charge in [0.25, 0.3) is 5.91 Å². The maximum atomic E-state index is 10.9. The molecular formula is C5H8N6O2. The van der Waals surface area contributed by atoms with Crippen LogP contribution >= 0.6 is 0 Å². The minimum atomic E-state index is -0.805. The van der Waals surface area contributed by atoms with Crippen LogP contribution in [0.2, 0.25) is 0 Å². The van der Waals surface area contributed by atoms with Crippen LogP contribution in [0.1, 0.15) is 10.5 Å². The molecule has 1 aromatic heterocycles. The Morgan fingerprint density at radius 1 is 1.54 bits per heavy atom. The molecule has 1 aromatic rings. The van der Waals surface area contributed by atoms with Crippen LogP contribution in [-0.2, 0) is 0 Å². The van der Waals surface area contributed by atoms with Gasteiger partial charge in [-0.1, -0.05) is 0 Å². The van der Waals surface area contributed by atoms with Gasteiger partial charge in [-0.3, -0.25) is 10.2 Å². The zero-order valence-electron chi connectivity index (χ0n) is 6.52. The largest absolute Gasteiger partial charge is 0.383 e. The van der Waals surface area contributed by atoms with Gasteiger partial charge >= 0.3 is 6.03 Å². The average Bonchev–Trinajstić information content (AvgIpc) is 2.46.